The van der Waals surface area contributed by atoms with E-state index in [0.717, 1.165) is 19.4 Å². The van der Waals surface area contributed by atoms with Crippen LogP contribution in [0, 0.1) is 0 Å². The molecular weight excluding hydrogens is 152 g/mol. The number of aliphatic hydroxyl groups excluding tert-OH is 1. The highest BCUT2D eigenvalue weighted by atomic mass is 16.3. The van der Waals surface area contributed by atoms with Gasteiger partial charge in [0.25, 0.3) is 0 Å². The average Bonchev–Trinajstić information content (AvgIpc) is 2.57. The Kier molecular flexibility index (Phi) is 4.58. The lowest BCUT2D eigenvalue weighted by molar-refractivity contribution is 0.163. The minimum absolute atomic E-state index is 0.285. The van der Waals surface area contributed by atoms with Crippen molar-refractivity contribution < 1.29 is 5.11 Å². The normalized spacial score (nSPS) is 21.5. The van der Waals surface area contributed by atoms with Crippen molar-refractivity contribution in [2.75, 3.05) is 26.2 Å². The molecule has 0 aliphatic carbocycles. The molecule has 1 atom stereocenters. The zero-order chi connectivity index (χ0) is 8.81. The highest BCUT2D eigenvalue weighted by Crippen LogP contribution is 2.08. The molecule has 1 heterocycles. The van der Waals surface area contributed by atoms with Gasteiger partial charge in [-0.1, -0.05) is 0 Å². The van der Waals surface area contributed by atoms with Crippen molar-refractivity contribution in [2.24, 2.45) is 5.73 Å². The lowest BCUT2D eigenvalue weighted by atomic mass is 10.2. The number of nitrogens with two attached hydrogens (primary N) is 1. The minimum atomic E-state index is -0.285. The third kappa shape index (κ3) is 3.52. The summed E-state index contributed by atoms with van der Waals surface area (Å²) in [5, 5.41) is 9.19. The second kappa shape index (κ2) is 5.51. The van der Waals surface area contributed by atoms with Gasteiger partial charge in [-0.2, -0.15) is 0 Å². The zero-order valence-corrected chi connectivity index (χ0v) is 7.71. The summed E-state index contributed by atoms with van der Waals surface area (Å²) in [6, 6.07) is 0. The van der Waals surface area contributed by atoms with Crippen LogP contribution in [0.25, 0.3) is 0 Å². The summed E-state index contributed by atoms with van der Waals surface area (Å²) in [6.45, 7) is 4.04. The lowest BCUT2D eigenvalue weighted by Crippen LogP contribution is -2.24. The molecule has 0 amide bonds. The maximum Gasteiger partial charge on any atom is 0.0662 e. The topological polar surface area (TPSA) is 49.5 Å². The van der Waals surface area contributed by atoms with Crippen molar-refractivity contribution in [2.45, 2.75) is 31.8 Å². The molecule has 1 aliphatic rings. The van der Waals surface area contributed by atoms with Crippen molar-refractivity contribution >= 4 is 0 Å². The molecule has 1 saturated heterocycles. The fraction of sp³-hybridized carbons (Fsp3) is 1.00. The van der Waals surface area contributed by atoms with Gasteiger partial charge in [-0.05, 0) is 45.3 Å². The van der Waals surface area contributed by atoms with E-state index < -0.39 is 0 Å². The molecular formula is C9H20N2O. The number of likely N-dealkylation sites (tertiary alicyclic amines) is 1. The number of hydrogen-bond donors (Lipinski definition) is 2. The first-order chi connectivity index (χ1) is 5.83. The molecule has 1 fully saturated rings. The molecule has 1 rings (SSSR count). The average molecular weight is 172 g/mol. The maximum atomic E-state index is 9.19. The van der Waals surface area contributed by atoms with Crippen LogP contribution in [-0.2, 0) is 0 Å². The quantitative estimate of drug-likeness (QED) is 0.622. The Hall–Kier alpha value is -0.120. The van der Waals surface area contributed by atoms with Gasteiger partial charge in [0.1, 0.15) is 0 Å². The van der Waals surface area contributed by atoms with Crippen LogP contribution in [0.3, 0.4) is 0 Å². The van der Waals surface area contributed by atoms with Crippen LogP contribution >= 0.6 is 0 Å². The monoisotopic (exact) mass is 172 g/mol. The summed E-state index contributed by atoms with van der Waals surface area (Å²) in [7, 11) is 0. The zero-order valence-electron chi connectivity index (χ0n) is 7.71. The van der Waals surface area contributed by atoms with Gasteiger partial charge in [0.15, 0.2) is 0 Å². The van der Waals surface area contributed by atoms with Crippen LogP contribution in [0.15, 0.2) is 0 Å². The van der Waals surface area contributed by atoms with E-state index in [1.807, 2.05) is 0 Å². The molecule has 12 heavy (non-hydrogen) atoms. The standard InChI is InChI=1S/C9H20N2O/c10-8-9(12)4-3-7-11-5-1-2-6-11/h9,12H,1-8,10H2. The molecule has 0 bridgehead atoms. The SMILES string of the molecule is NCC(O)CCCN1CCCC1. The molecule has 3 N–H and O–H groups in total. The van der Waals surface area contributed by atoms with E-state index in [4.69, 9.17) is 5.73 Å². The van der Waals surface area contributed by atoms with Crippen molar-refractivity contribution in [3.63, 3.8) is 0 Å². The van der Waals surface area contributed by atoms with E-state index in [1.54, 1.807) is 0 Å². The van der Waals surface area contributed by atoms with E-state index in [9.17, 15) is 5.11 Å². The first-order valence-corrected chi connectivity index (χ1v) is 4.93. The molecule has 0 saturated carbocycles. The third-order valence-electron chi connectivity index (χ3n) is 2.48. The first-order valence-electron chi connectivity index (χ1n) is 4.93. The Balaban J connectivity index is 1.94. The minimum Gasteiger partial charge on any atom is -0.392 e. The van der Waals surface area contributed by atoms with E-state index in [-0.39, 0.29) is 6.10 Å². The summed E-state index contributed by atoms with van der Waals surface area (Å²) in [6.07, 6.45) is 4.34. The second-order valence-electron chi connectivity index (χ2n) is 3.58. The molecule has 0 radical (unpaired) electrons. The first kappa shape index (κ1) is 9.96. The number of nitrogens with zero attached hydrogens (tertiary/aromatic N) is 1. The molecule has 0 spiro atoms. The summed E-state index contributed by atoms with van der Waals surface area (Å²) < 4.78 is 0. The van der Waals surface area contributed by atoms with Crippen LogP contribution < -0.4 is 5.73 Å². The van der Waals surface area contributed by atoms with Gasteiger partial charge in [0, 0.05) is 6.54 Å². The summed E-state index contributed by atoms with van der Waals surface area (Å²) >= 11 is 0. The predicted molar refractivity (Wildman–Crippen MR) is 50.0 cm³/mol. The Labute approximate surface area is 74.5 Å². The summed E-state index contributed by atoms with van der Waals surface area (Å²) in [5.41, 5.74) is 5.30. The van der Waals surface area contributed by atoms with E-state index in [1.165, 1.54) is 25.9 Å². The van der Waals surface area contributed by atoms with Crippen molar-refractivity contribution in [3.05, 3.63) is 0 Å². The number of hydrogen-bond acceptors (Lipinski definition) is 3. The number of rotatable bonds is 5. The molecule has 0 aromatic heterocycles. The Morgan fingerprint density at radius 2 is 2.00 bits per heavy atom. The van der Waals surface area contributed by atoms with Gasteiger partial charge >= 0.3 is 0 Å². The molecule has 0 aromatic rings. The number of aliphatic hydroxyl groups is 1. The highest BCUT2D eigenvalue weighted by Gasteiger charge is 2.11. The van der Waals surface area contributed by atoms with Gasteiger partial charge in [-0.3, -0.25) is 0 Å². The largest absolute Gasteiger partial charge is 0.392 e. The van der Waals surface area contributed by atoms with E-state index >= 15 is 0 Å². The fourth-order valence-electron chi connectivity index (χ4n) is 1.67. The molecule has 3 nitrogen and oxygen atoms in total. The lowest BCUT2D eigenvalue weighted by Gasteiger charge is -2.15. The van der Waals surface area contributed by atoms with Crippen molar-refractivity contribution in [3.8, 4) is 0 Å². The van der Waals surface area contributed by atoms with Crippen LogP contribution in [0.1, 0.15) is 25.7 Å². The summed E-state index contributed by atoms with van der Waals surface area (Å²) in [4.78, 5) is 2.46. The molecule has 3 heteroatoms. The van der Waals surface area contributed by atoms with Crippen molar-refractivity contribution in [1.29, 1.82) is 0 Å². The van der Waals surface area contributed by atoms with E-state index in [2.05, 4.69) is 4.90 Å². The predicted octanol–water partition coefficient (Wildman–Crippen LogP) is 0.182. The van der Waals surface area contributed by atoms with Gasteiger partial charge < -0.3 is 15.7 Å². The van der Waals surface area contributed by atoms with Gasteiger partial charge in [0.2, 0.25) is 0 Å². The van der Waals surface area contributed by atoms with Gasteiger partial charge in [-0.25, -0.2) is 0 Å². The van der Waals surface area contributed by atoms with E-state index in [0.29, 0.717) is 6.54 Å². The molecule has 1 aliphatic heterocycles. The smallest absolute Gasteiger partial charge is 0.0662 e. The Morgan fingerprint density at radius 1 is 1.33 bits per heavy atom. The van der Waals surface area contributed by atoms with Gasteiger partial charge in [0.05, 0.1) is 6.10 Å². The van der Waals surface area contributed by atoms with Crippen LogP contribution in [-0.4, -0.2) is 42.3 Å². The molecule has 1 unspecified atom stereocenters. The molecule has 0 aromatic carbocycles. The fourth-order valence-corrected chi connectivity index (χ4v) is 1.67. The Bertz CT molecular complexity index is 113. The third-order valence-corrected chi connectivity index (χ3v) is 2.48. The second-order valence-corrected chi connectivity index (χ2v) is 3.58. The van der Waals surface area contributed by atoms with Gasteiger partial charge in [-0.15, -0.1) is 0 Å². The van der Waals surface area contributed by atoms with Crippen LogP contribution in [0.4, 0.5) is 0 Å². The molecule has 72 valence electrons. The van der Waals surface area contributed by atoms with Crippen molar-refractivity contribution in [1.82, 2.24) is 4.90 Å². The maximum absolute atomic E-state index is 9.19. The summed E-state index contributed by atoms with van der Waals surface area (Å²) in [5.74, 6) is 0. The van der Waals surface area contributed by atoms with Crippen LogP contribution in [0.2, 0.25) is 0 Å². The Morgan fingerprint density at radius 3 is 2.58 bits per heavy atom. The van der Waals surface area contributed by atoms with Crippen LogP contribution in [0.5, 0.6) is 0 Å². The highest BCUT2D eigenvalue weighted by molar-refractivity contribution is 4.66.